The van der Waals surface area contributed by atoms with Crippen molar-refractivity contribution in [3.05, 3.63) is 11.9 Å². The predicted molar refractivity (Wildman–Crippen MR) is 83.4 cm³/mol. The maximum atomic E-state index is 11.9. The van der Waals surface area contributed by atoms with E-state index in [1.54, 1.807) is 13.3 Å². The van der Waals surface area contributed by atoms with E-state index >= 15 is 0 Å². The van der Waals surface area contributed by atoms with Gasteiger partial charge in [0.1, 0.15) is 0 Å². The average molecular weight is 327 g/mol. The zero-order valence-corrected chi connectivity index (χ0v) is 14.2. The Kier molecular flexibility index (Phi) is 4.56. The van der Waals surface area contributed by atoms with E-state index in [4.69, 9.17) is 4.74 Å². The Labute approximate surface area is 132 Å². The van der Waals surface area contributed by atoms with Gasteiger partial charge in [0.15, 0.2) is 0 Å². The maximum Gasteiger partial charge on any atom is 0.227 e. The van der Waals surface area contributed by atoms with Crippen LogP contribution >= 0.6 is 0 Å². The Hall–Kier alpha value is -0.920. The lowest BCUT2D eigenvalue weighted by Gasteiger charge is -2.27. The number of hydrogen-bond acceptors (Lipinski definition) is 5. The number of ether oxygens (including phenoxy) is 1. The third-order valence-electron chi connectivity index (χ3n) is 4.85. The third-order valence-corrected chi connectivity index (χ3v) is 5.84. The standard InChI is InChI=1S/C15H25N3O3S/c1-21-7-3-6-18-14(9-16-15(18)22(2,19)20)11-17-10-12-4-5-13(17)8-12/h9,12-13H,3-8,10-11H2,1-2H3/t12-,13-/m0/s1. The molecule has 1 aromatic heterocycles. The normalized spacial score (nSPS) is 25.2. The molecule has 2 bridgehead atoms. The molecule has 22 heavy (non-hydrogen) atoms. The fourth-order valence-electron chi connectivity index (χ4n) is 3.85. The van der Waals surface area contributed by atoms with Gasteiger partial charge in [0.2, 0.25) is 15.0 Å². The summed E-state index contributed by atoms with van der Waals surface area (Å²) in [5, 5.41) is 0.183. The maximum absolute atomic E-state index is 11.9. The molecule has 1 aliphatic heterocycles. The molecule has 1 aromatic rings. The van der Waals surface area contributed by atoms with E-state index in [-0.39, 0.29) is 5.16 Å². The van der Waals surface area contributed by atoms with Crippen molar-refractivity contribution >= 4 is 9.84 Å². The lowest BCUT2D eigenvalue weighted by atomic mass is 10.1. The van der Waals surface area contributed by atoms with Gasteiger partial charge in [-0.05, 0) is 31.6 Å². The number of methoxy groups -OCH3 is 1. The second kappa shape index (κ2) is 6.29. The second-order valence-electron chi connectivity index (χ2n) is 6.56. The highest BCUT2D eigenvalue weighted by Crippen LogP contribution is 2.38. The molecule has 2 fully saturated rings. The van der Waals surface area contributed by atoms with Gasteiger partial charge in [0, 0.05) is 45.6 Å². The molecule has 0 N–H and O–H groups in total. The molecule has 0 aromatic carbocycles. The molecule has 2 atom stereocenters. The van der Waals surface area contributed by atoms with Crippen molar-refractivity contribution in [1.82, 2.24) is 14.5 Å². The first kappa shape index (κ1) is 16.0. The number of rotatable bonds is 7. The second-order valence-corrected chi connectivity index (χ2v) is 8.47. The molecule has 1 aliphatic carbocycles. The van der Waals surface area contributed by atoms with Crippen LogP contribution in [-0.2, 0) is 27.7 Å². The number of imidazole rings is 1. The zero-order chi connectivity index (χ0) is 15.7. The molecule has 6 nitrogen and oxygen atoms in total. The van der Waals surface area contributed by atoms with Crippen molar-refractivity contribution in [3.63, 3.8) is 0 Å². The van der Waals surface area contributed by atoms with Crippen LogP contribution in [0.15, 0.2) is 11.4 Å². The number of hydrogen-bond donors (Lipinski definition) is 0. The van der Waals surface area contributed by atoms with E-state index in [1.165, 1.54) is 25.5 Å². The van der Waals surface area contributed by atoms with Gasteiger partial charge in [0.25, 0.3) is 0 Å². The summed E-state index contributed by atoms with van der Waals surface area (Å²) in [5.41, 5.74) is 1.00. The molecule has 7 heteroatoms. The summed E-state index contributed by atoms with van der Waals surface area (Å²) < 4.78 is 30.8. The Morgan fingerprint density at radius 3 is 2.82 bits per heavy atom. The minimum atomic E-state index is -3.30. The largest absolute Gasteiger partial charge is 0.385 e. The summed E-state index contributed by atoms with van der Waals surface area (Å²) in [4.78, 5) is 6.67. The fourth-order valence-corrected chi connectivity index (χ4v) is 4.70. The average Bonchev–Trinajstić information content (AvgIpc) is 3.14. The van der Waals surface area contributed by atoms with Crippen LogP contribution in [0, 0.1) is 5.92 Å². The third kappa shape index (κ3) is 3.21. The highest BCUT2D eigenvalue weighted by molar-refractivity contribution is 7.90. The van der Waals surface area contributed by atoms with E-state index in [0.717, 1.165) is 31.1 Å². The molecule has 1 saturated carbocycles. The van der Waals surface area contributed by atoms with E-state index in [1.807, 2.05) is 4.57 Å². The Morgan fingerprint density at radius 2 is 2.23 bits per heavy atom. The van der Waals surface area contributed by atoms with Gasteiger partial charge in [-0.25, -0.2) is 13.4 Å². The van der Waals surface area contributed by atoms with Crippen molar-refractivity contribution in [1.29, 1.82) is 0 Å². The fraction of sp³-hybridized carbons (Fsp3) is 0.800. The van der Waals surface area contributed by atoms with Crippen molar-refractivity contribution in [2.45, 2.75) is 50.0 Å². The summed E-state index contributed by atoms with van der Waals surface area (Å²) in [6, 6.07) is 0.675. The molecule has 0 spiro atoms. The zero-order valence-electron chi connectivity index (χ0n) is 13.4. The molecule has 2 heterocycles. The van der Waals surface area contributed by atoms with Crippen molar-refractivity contribution in [3.8, 4) is 0 Å². The predicted octanol–water partition coefficient (Wildman–Crippen LogP) is 1.31. The van der Waals surface area contributed by atoms with Crippen molar-refractivity contribution < 1.29 is 13.2 Å². The number of sulfone groups is 1. The molecular weight excluding hydrogens is 302 g/mol. The van der Waals surface area contributed by atoms with Crippen LogP contribution in [0.25, 0.3) is 0 Å². The summed E-state index contributed by atoms with van der Waals surface area (Å²) in [7, 11) is -1.64. The first-order valence-electron chi connectivity index (χ1n) is 7.96. The number of likely N-dealkylation sites (tertiary alicyclic amines) is 1. The minimum absolute atomic E-state index is 0.183. The highest BCUT2D eigenvalue weighted by atomic mass is 32.2. The summed E-state index contributed by atoms with van der Waals surface area (Å²) >= 11 is 0. The first-order valence-corrected chi connectivity index (χ1v) is 9.85. The monoisotopic (exact) mass is 327 g/mol. The van der Waals surface area contributed by atoms with Crippen LogP contribution in [0.4, 0.5) is 0 Å². The number of piperidine rings is 1. The van der Waals surface area contributed by atoms with Crippen LogP contribution < -0.4 is 0 Å². The minimum Gasteiger partial charge on any atom is -0.385 e. The van der Waals surface area contributed by atoms with Crippen LogP contribution in [-0.4, -0.2) is 55.4 Å². The van der Waals surface area contributed by atoms with Crippen molar-refractivity contribution in [2.75, 3.05) is 26.5 Å². The van der Waals surface area contributed by atoms with E-state index in [0.29, 0.717) is 19.2 Å². The summed E-state index contributed by atoms with van der Waals surface area (Å²) in [6.45, 7) is 3.20. The van der Waals surface area contributed by atoms with E-state index < -0.39 is 9.84 Å². The van der Waals surface area contributed by atoms with Gasteiger partial charge in [-0.15, -0.1) is 0 Å². The van der Waals surface area contributed by atoms with Gasteiger partial charge in [0.05, 0.1) is 11.9 Å². The summed E-state index contributed by atoms with van der Waals surface area (Å²) in [5.74, 6) is 0.837. The Bertz CT molecular complexity index is 626. The molecule has 124 valence electrons. The van der Waals surface area contributed by atoms with E-state index in [2.05, 4.69) is 9.88 Å². The molecule has 1 saturated heterocycles. The van der Waals surface area contributed by atoms with Gasteiger partial charge in [-0.1, -0.05) is 0 Å². The van der Waals surface area contributed by atoms with Crippen molar-refractivity contribution in [2.24, 2.45) is 5.92 Å². The topological polar surface area (TPSA) is 64.4 Å². The van der Waals surface area contributed by atoms with Gasteiger partial charge < -0.3 is 9.30 Å². The van der Waals surface area contributed by atoms with Gasteiger partial charge in [-0.3, -0.25) is 4.90 Å². The number of fused-ring (bicyclic) bond motifs is 2. The van der Waals surface area contributed by atoms with E-state index in [9.17, 15) is 8.42 Å². The van der Waals surface area contributed by atoms with Crippen LogP contribution in [0.5, 0.6) is 0 Å². The molecule has 2 aliphatic rings. The molecule has 3 rings (SSSR count). The quantitative estimate of drug-likeness (QED) is 0.707. The lowest BCUT2D eigenvalue weighted by molar-refractivity contribution is 0.184. The molecule has 0 amide bonds. The first-order chi connectivity index (χ1) is 10.5. The molecular formula is C15H25N3O3S. The van der Waals surface area contributed by atoms with Gasteiger partial charge >= 0.3 is 0 Å². The number of nitrogens with zero attached hydrogens (tertiary/aromatic N) is 3. The van der Waals surface area contributed by atoms with Crippen LogP contribution in [0.1, 0.15) is 31.4 Å². The van der Waals surface area contributed by atoms with Gasteiger partial charge in [-0.2, -0.15) is 0 Å². The summed E-state index contributed by atoms with van der Waals surface area (Å²) in [6.07, 6.45) is 7.67. The molecule has 0 radical (unpaired) electrons. The number of aromatic nitrogens is 2. The Balaban J connectivity index is 1.79. The highest BCUT2D eigenvalue weighted by Gasteiger charge is 2.38. The van der Waals surface area contributed by atoms with Crippen LogP contribution in [0.3, 0.4) is 0 Å². The lowest BCUT2D eigenvalue weighted by Crippen LogP contribution is -2.32. The van der Waals surface area contributed by atoms with Crippen LogP contribution in [0.2, 0.25) is 0 Å². The SMILES string of the molecule is COCCCn1c(CN2C[C@H]3CC[C@H]2C3)cnc1S(C)(=O)=O. The Morgan fingerprint density at radius 1 is 1.41 bits per heavy atom. The smallest absolute Gasteiger partial charge is 0.227 e. The molecule has 0 unspecified atom stereocenters.